The first-order valence-electron chi connectivity index (χ1n) is 6.93. The molecule has 1 aromatic heterocycles. The van der Waals surface area contributed by atoms with Crippen LogP contribution in [0.5, 0.6) is 0 Å². The molecule has 2 aromatic rings. The summed E-state index contributed by atoms with van der Waals surface area (Å²) < 4.78 is 0. The quantitative estimate of drug-likeness (QED) is 0.864. The van der Waals surface area contributed by atoms with Crippen molar-refractivity contribution in [1.29, 1.82) is 0 Å². The maximum absolute atomic E-state index is 11.9. The molecule has 0 aliphatic heterocycles. The number of anilines is 1. The topological polar surface area (TPSA) is 33.2 Å². The lowest BCUT2D eigenvalue weighted by molar-refractivity contribution is 0.0976. The van der Waals surface area contributed by atoms with Crippen LogP contribution in [-0.4, -0.2) is 17.8 Å². The van der Waals surface area contributed by atoms with Gasteiger partial charge in [0, 0.05) is 20.0 Å². The van der Waals surface area contributed by atoms with E-state index in [1.54, 1.807) is 11.3 Å². The molecule has 0 amide bonds. The first kappa shape index (κ1) is 13.3. The number of aryl methyl sites for hydroxylation is 2. The number of fused-ring (bicyclic) bond motifs is 1. The van der Waals surface area contributed by atoms with Gasteiger partial charge in [-0.25, -0.2) is 4.98 Å². The molecule has 104 valence electrons. The number of aromatic nitrogens is 1. The van der Waals surface area contributed by atoms with Crippen LogP contribution in [0, 0.1) is 6.92 Å². The molecule has 0 saturated heterocycles. The first-order valence-corrected chi connectivity index (χ1v) is 7.75. The van der Waals surface area contributed by atoms with Gasteiger partial charge in [0.05, 0.1) is 10.6 Å². The molecule has 1 heterocycles. The molecular formula is C16H18N2OS. The number of nitrogens with zero attached hydrogens (tertiary/aromatic N) is 2. The summed E-state index contributed by atoms with van der Waals surface area (Å²) in [6, 6.07) is 8.39. The molecule has 0 radical (unpaired) electrons. The van der Waals surface area contributed by atoms with Gasteiger partial charge >= 0.3 is 0 Å². The maximum atomic E-state index is 11.9. The molecule has 3 rings (SSSR count). The van der Waals surface area contributed by atoms with E-state index in [1.165, 1.54) is 11.1 Å². The van der Waals surface area contributed by atoms with Gasteiger partial charge in [-0.3, -0.25) is 4.79 Å². The van der Waals surface area contributed by atoms with Crippen molar-refractivity contribution in [2.45, 2.75) is 32.7 Å². The third-order valence-electron chi connectivity index (χ3n) is 3.75. The SMILES string of the molecule is Cc1ccccc1CN(C)c1nc2c(s1)C(=O)CCC2. The zero-order valence-electron chi connectivity index (χ0n) is 11.8. The fourth-order valence-corrected chi connectivity index (χ4v) is 3.57. The number of ketones is 1. The van der Waals surface area contributed by atoms with E-state index in [0.717, 1.165) is 35.1 Å². The van der Waals surface area contributed by atoms with Crippen molar-refractivity contribution in [3.05, 3.63) is 46.0 Å². The van der Waals surface area contributed by atoms with E-state index in [9.17, 15) is 4.79 Å². The van der Waals surface area contributed by atoms with Crippen molar-refractivity contribution >= 4 is 22.3 Å². The predicted octanol–water partition coefficient (Wildman–Crippen LogP) is 3.61. The Bertz CT molecular complexity index is 648. The summed E-state index contributed by atoms with van der Waals surface area (Å²) >= 11 is 1.54. The lowest BCUT2D eigenvalue weighted by Crippen LogP contribution is -2.16. The first-order chi connectivity index (χ1) is 9.65. The summed E-state index contributed by atoms with van der Waals surface area (Å²) in [5.41, 5.74) is 3.59. The number of hydrogen-bond donors (Lipinski definition) is 0. The van der Waals surface area contributed by atoms with Crippen LogP contribution in [0.2, 0.25) is 0 Å². The minimum Gasteiger partial charge on any atom is -0.347 e. The molecule has 0 atom stereocenters. The highest BCUT2D eigenvalue weighted by Crippen LogP contribution is 2.31. The summed E-state index contributed by atoms with van der Waals surface area (Å²) in [7, 11) is 2.04. The Hall–Kier alpha value is -1.68. The molecule has 0 bridgehead atoms. The van der Waals surface area contributed by atoms with Crippen molar-refractivity contribution < 1.29 is 4.79 Å². The number of rotatable bonds is 3. The number of benzene rings is 1. The van der Waals surface area contributed by atoms with Crippen molar-refractivity contribution in [1.82, 2.24) is 4.98 Å². The second-order valence-corrected chi connectivity index (χ2v) is 6.31. The van der Waals surface area contributed by atoms with Crippen molar-refractivity contribution in [2.24, 2.45) is 0 Å². The van der Waals surface area contributed by atoms with Gasteiger partial charge in [-0.1, -0.05) is 35.6 Å². The number of thiazole rings is 1. The van der Waals surface area contributed by atoms with Crippen LogP contribution < -0.4 is 4.90 Å². The van der Waals surface area contributed by atoms with E-state index in [1.807, 2.05) is 7.05 Å². The number of Topliss-reactive ketones (excluding diaryl/α,β-unsaturated/α-hetero) is 1. The fourth-order valence-electron chi connectivity index (χ4n) is 2.53. The van der Waals surface area contributed by atoms with Crippen molar-refractivity contribution in [2.75, 3.05) is 11.9 Å². The standard InChI is InChI=1S/C16H18N2OS/c1-11-6-3-4-7-12(11)10-18(2)16-17-13-8-5-9-14(19)15(13)20-16/h3-4,6-7H,5,8-10H2,1-2H3. The Morgan fingerprint density at radius 3 is 2.85 bits per heavy atom. The monoisotopic (exact) mass is 286 g/mol. The molecule has 0 N–H and O–H groups in total. The fraction of sp³-hybridized carbons (Fsp3) is 0.375. The summed E-state index contributed by atoms with van der Waals surface area (Å²) in [6.07, 6.45) is 2.56. The van der Waals surface area contributed by atoms with Crippen molar-refractivity contribution in [3.8, 4) is 0 Å². The second-order valence-electron chi connectivity index (χ2n) is 5.33. The van der Waals surface area contributed by atoms with Gasteiger partial charge in [-0.05, 0) is 30.9 Å². The summed E-state index contributed by atoms with van der Waals surface area (Å²) in [5.74, 6) is 0.263. The van der Waals surface area contributed by atoms with Gasteiger partial charge in [0.25, 0.3) is 0 Å². The van der Waals surface area contributed by atoms with E-state index in [-0.39, 0.29) is 5.78 Å². The van der Waals surface area contributed by atoms with Crippen LogP contribution in [0.4, 0.5) is 5.13 Å². The Morgan fingerprint density at radius 2 is 2.10 bits per heavy atom. The molecule has 4 heteroatoms. The average molecular weight is 286 g/mol. The van der Waals surface area contributed by atoms with Crippen LogP contribution >= 0.6 is 11.3 Å². The van der Waals surface area contributed by atoms with Crippen LogP contribution in [-0.2, 0) is 13.0 Å². The van der Waals surface area contributed by atoms with Crippen molar-refractivity contribution in [3.63, 3.8) is 0 Å². The van der Waals surface area contributed by atoms with Gasteiger partial charge in [-0.15, -0.1) is 0 Å². The predicted molar refractivity (Wildman–Crippen MR) is 82.7 cm³/mol. The number of carbonyl (C=O) groups excluding carboxylic acids is 1. The van der Waals surface area contributed by atoms with Crippen LogP contribution in [0.1, 0.15) is 39.3 Å². The van der Waals surface area contributed by atoms with E-state index in [0.29, 0.717) is 6.42 Å². The second kappa shape index (κ2) is 5.37. The third-order valence-corrected chi connectivity index (χ3v) is 5.00. The number of hydrogen-bond acceptors (Lipinski definition) is 4. The lowest BCUT2D eigenvalue weighted by atomic mass is 10.0. The largest absolute Gasteiger partial charge is 0.347 e. The van der Waals surface area contributed by atoms with Gasteiger partial charge in [0.2, 0.25) is 0 Å². The summed E-state index contributed by atoms with van der Waals surface area (Å²) in [4.78, 5) is 19.6. The third kappa shape index (κ3) is 2.48. The molecule has 0 fully saturated rings. The maximum Gasteiger partial charge on any atom is 0.186 e. The molecule has 1 aliphatic carbocycles. The van der Waals surface area contributed by atoms with Gasteiger partial charge in [-0.2, -0.15) is 0 Å². The molecule has 20 heavy (non-hydrogen) atoms. The van der Waals surface area contributed by atoms with Crippen LogP contribution in [0.25, 0.3) is 0 Å². The highest BCUT2D eigenvalue weighted by molar-refractivity contribution is 7.17. The molecule has 0 unspecified atom stereocenters. The lowest BCUT2D eigenvalue weighted by Gasteiger charge is -2.17. The van der Waals surface area contributed by atoms with E-state index >= 15 is 0 Å². The van der Waals surface area contributed by atoms with Gasteiger partial charge in [0.15, 0.2) is 10.9 Å². The van der Waals surface area contributed by atoms with E-state index in [2.05, 4.69) is 41.1 Å². The van der Waals surface area contributed by atoms with E-state index in [4.69, 9.17) is 0 Å². The van der Waals surface area contributed by atoms with Gasteiger partial charge < -0.3 is 4.90 Å². The molecule has 3 nitrogen and oxygen atoms in total. The molecule has 1 aromatic carbocycles. The average Bonchev–Trinajstić information content (AvgIpc) is 2.87. The molecule has 1 aliphatic rings. The normalized spacial score (nSPS) is 14.2. The molecule has 0 saturated carbocycles. The molecule has 0 spiro atoms. The summed E-state index contributed by atoms with van der Waals surface area (Å²) in [5, 5.41) is 0.952. The smallest absolute Gasteiger partial charge is 0.186 e. The highest BCUT2D eigenvalue weighted by Gasteiger charge is 2.23. The Kier molecular flexibility index (Phi) is 3.57. The zero-order chi connectivity index (χ0) is 14.1. The Morgan fingerprint density at radius 1 is 1.30 bits per heavy atom. The van der Waals surface area contributed by atoms with E-state index < -0.39 is 0 Å². The molecular weight excluding hydrogens is 268 g/mol. The highest BCUT2D eigenvalue weighted by atomic mass is 32.1. The Balaban J connectivity index is 1.83. The minimum absolute atomic E-state index is 0.263. The Labute approximate surface area is 123 Å². The summed E-state index contributed by atoms with van der Waals surface area (Å²) in [6.45, 7) is 2.95. The number of carbonyl (C=O) groups is 1. The minimum atomic E-state index is 0.263. The zero-order valence-corrected chi connectivity index (χ0v) is 12.7. The van der Waals surface area contributed by atoms with Crippen LogP contribution in [0.3, 0.4) is 0 Å². The van der Waals surface area contributed by atoms with Crippen LogP contribution in [0.15, 0.2) is 24.3 Å². The van der Waals surface area contributed by atoms with Gasteiger partial charge in [0.1, 0.15) is 0 Å².